The van der Waals surface area contributed by atoms with Gasteiger partial charge in [0, 0.05) is 28.8 Å². The predicted octanol–water partition coefficient (Wildman–Crippen LogP) is 4.99. The first-order valence-electron chi connectivity index (χ1n) is 9.26. The zero-order valence-electron chi connectivity index (χ0n) is 15.3. The molecule has 3 unspecified atom stereocenters. The van der Waals surface area contributed by atoms with Crippen LogP contribution in [0.25, 0.3) is 0 Å². The van der Waals surface area contributed by atoms with Crippen molar-refractivity contribution in [2.24, 2.45) is 0 Å². The Hall–Kier alpha value is -2.17. The summed E-state index contributed by atoms with van der Waals surface area (Å²) in [4.78, 5) is 37.2. The summed E-state index contributed by atoms with van der Waals surface area (Å²) in [5.41, 5.74) is 1.92. The van der Waals surface area contributed by atoms with Crippen LogP contribution in [0.3, 0.4) is 0 Å². The largest absolute Gasteiger partial charge is 0.325 e. The SMILES string of the molecule is O=CCCC(C=O)N1C(=O)CCC(c2cccc(Cl)c2)C1c1ccc(Cl)cc1. The first-order valence-corrected chi connectivity index (χ1v) is 10.0. The molecule has 1 aliphatic rings. The highest BCUT2D eigenvalue weighted by molar-refractivity contribution is 6.30. The third-order valence-corrected chi connectivity index (χ3v) is 5.71. The van der Waals surface area contributed by atoms with E-state index < -0.39 is 6.04 Å². The molecule has 0 aromatic heterocycles. The van der Waals surface area contributed by atoms with Gasteiger partial charge in [0.1, 0.15) is 12.6 Å². The molecule has 6 heteroatoms. The van der Waals surface area contributed by atoms with Gasteiger partial charge in [0.25, 0.3) is 0 Å². The van der Waals surface area contributed by atoms with Crippen LogP contribution in [0.4, 0.5) is 0 Å². The average Bonchev–Trinajstić information content (AvgIpc) is 2.70. The second-order valence-corrected chi connectivity index (χ2v) is 7.82. The molecule has 0 saturated carbocycles. The molecule has 1 fully saturated rings. The van der Waals surface area contributed by atoms with Crippen LogP contribution >= 0.6 is 23.2 Å². The van der Waals surface area contributed by atoms with Crippen molar-refractivity contribution in [1.82, 2.24) is 4.90 Å². The van der Waals surface area contributed by atoms with Crippen molar-refractivity contribution in [1.29, 1.82) is 0 Å². The van der Waals surface area contributed by atoms with Gasteiger partial charge in [-0.3, -0.25) is 4.79 Å². The van der Waals surface area contributed by atoms with Gasteiger partial charge in [-0.2, -0.15) is 0 Å². The van der Waals surface area contributed by atoms with E-state index in [0.29, 0.717) is 29.3 Å². The van der Waals surface area contributed by atoms with Crippen molar-refractivity contribution < 1.29 is 14.4 Å². The second kappa shape index (κ2) is 9.35. The Balaban J connectivity index is 2.08. The van der Waals surface area contributed by atoms with Crippen LogP contribution in [0.15, 0.2) is 48.5 Å². The molecule has 0 bridgehead atoms. The number of carbonyl (C=O) groups excluding carboxylic acids is 3. The Morgan fingerprint density at radius 3 is 2.43 bits per heavy atom. The molecule has 1 heterocycles. The summed E-state index contributed by atoms with van der Waals surface area (Å²) in [5, 5.41) is 1.23. The van der Waals surface area contributed by atoms with E-state index in [-0.39, 0.29) is 24.3 Å². The Kier molecular flexibility index (Phi) is 6.87. The van der Waals surface area contributed by atoms with Gasteiger partial charge in [0.2, 0.25) is 5.91 Å². The summed E-state index contributed by atoms with van der Waals surface area (Å²) < 4.78 is 0. The van der Waals surface area contributed by atoms with E-state index in [2.05, 4.69) is 0 Å². The molecule has 2 aromatic carbocycles. The van der Waals surface area contributed by atoms with Crippen LogP contribution in [-0.4, -0.2) is 29.4 Å². The number of rotatable bonds is 7. The number of halogens is 2. The highest BCUT2D eigenvalue weighted by Crippen LogP contribution is 2.44. The van der Waals surface area contributed by atoms with Gasteiger partial charge in [0.05, 0.1) is 12.1 Å². The number of benzene rings is 2. The third kappa shape index (κ3) is 4.45. The summed E-state index contributed by atoms with van der Waals surface area (Å²) in [5.74, 6) is -0.0996. The monoisotopic (exact) mass is 417 g/mol. The summed E-state index contributed by atoms with van der Waals surface area (Å²) in [7, 11) is 0. The van der Waals surface area contributed by atoms with E-state index in [1.807, 2.05) is 36.4 Å². The first kappa shape index (κ1) is 20.6. The Morgan fingerprint density at radius 1 is 1.04 bits per heavy atom. The number of carbonyl (C=O) groups is 3. The minimum absolute atomic E-state index is 0.0174. The van der Waals surface area contributed by atoms with E-state index in [0.717, 1.165) is 23.7 Å². The Morgan fingerprint density at radius 2 is 1.79 bits per heavy atom. The van der Waals surface area contributed by atoms with Gasteiger partial charge in [-0.1, -0.05) is 47.5 Å². The molecule has 1 saturated heterocycles. The van der Waals surface area contributed by atoms with Crippen LogP contribution in [-0.2, 0) is 14.4 Å². The van der Waals surface area contributed by atoms with Crippen molar-refractivity contribution in [3.63, 3.8) is 0 Å². The lowest BCUT2D eigenvalue weighted by molar-refractivity contribution is -0.143. The second-order valence-electron chi connectivity index (χ2n) is 6.95. The van der Waals surface area contributed by atoms with E-state index in [4.69, 9.17) is 23.2 Å². The van der Waals surface area contributed by atoms with Crippen LogP contribution in [0.5, 0.6) is 0 Å². The van der Waals surface area contributed by atoms with Gasteiger partial charge in [-0.05, 0) is 48.2 Å². The summed E-state index contributed by atoms with van der Waals surface area (Å²) in [6, 6.07) is 14.0. The topological polar surface area (TPSA) is 54.5 Å². The lowest BCUT2D eigenvalue weighted by Crippen LogP contribution is -2.48. The van der Waals surface area contributed by atoms with Crippen molar-refractivity contribution in [3.05, 3.63) is 69.7 Å². The van der Waals surface area contributed by atoms with Gasteiger partial charge in [-0.15, -0.1) is 0 Å². The van der Waals surface area contributed by atoms with Crippen LogP contribution in [0, 0.1) is 0 Å². The number of piperidine rings is 1. The molecular weight excluding hydrogens is 397 g/mol. The Bertz CT molecular complexity index is 853. The molecule has 0 spiro atoms. The van der Waals surface area contributed by atoms with Gasteiger partial charge in [-0.25, -0.2) is 0 Å². The average molecular weight is 418 g/mol. The number of hydrogen-bond donors (Lipinski definition) is 0. The van der Waals surface area contributed by atoms with Crippen molar-refractivity contribution in [3.8, 4) is 0 Å². The van der Waals surface area contributed by atoms with Crippen molar-refractivity contribution in [2.45, 2.75) is 43.7 Å². The molecule has 1 aliphatic heterocycles. The van der Waals surface area contributed by atoms with Crippen LogP contribution in [0.2, 0.25) is 10.0 Å². The fourth-order valence-corrected chi connectivity index (χ4v) is 4.28. The zero-order valence-corrected chi connectivity index (χ0v) is 16.8. The summed E-state index contributed by atoms with van der Waals surface area (Å²) >= 11 is 12.3. The highest BCUT2D eigenvalue weighted by atomic mass is 35.5. The van der Waals surface area contributed by atoms with E-state index in [1.54, 1.807) is 17.0 Å². The maximum absolute atomic E-state index is 12.9. The molecule has 1 amide bonds. The summed E-state index contributed by atoms with van der Waals surface area (Å²) in [6.45, 7) is 0. The highest BCUT2D eigenvalue weighted by Gasteiger charge is 2.41. The minimum Gasteiger partial charge on any atom is -0.325 e. The van der Waals surface area contributed by atoms with E-state index >= 15 is 0 Å². The molecule has 0 radical (unpaired) electrons. The lowest BCUT2D eigenvalue weighted by Gasteiger charge is -2.44. The third-order valence-electron chi connectivity index (χ3n) is 5.22. The molecule has 0 N–H and O–H groups in total. The number of hydrogen-bond acceptors (Lipinski definition) is 3. The van der Waals surface area contributed by atoms with Gasteiger partial charge >= 0.3 is 0 Å². The fourth-order valence-electron chi connectivity index (χ4n) is 3.96. The van der Waals surface area contributed by atoms with Gasteiger partial charge < -0.3 is 14.5 Å². The molecule has 4 nitrogen and oxygen atoms in total. The normalized spacial score (nSPS) is 20.6. The standard InChI is InChI=1S/C22H21Cl2NO3/c23-17-8-6-15(7-9-17)22-20(16-3-1-4-18(24)13-16)10-11-21(28)25(22)19(14-27)5-2-12-26/h1,3-4,6-9,12-14,19-20,22H,2,5,10-11H2. The maximum atomic E-state index is 12.9. The minimum atomic E-state index is -0.652. The van der Waals surface area contributed by atoms with Crippen molar-refractivity contribution in [2.75, 3.05) is 0 Å². The lowest BCUT2D eigenvalue weighted by atomic mass is 9.79. The molecule has 28 heavy (non-hydrogen) atoms. The molecule has 3 atom stereocenters. The molecule has 2 aromatic rings. The maximum Gasteiger partial charge on any atom is 0.223 e. The molecule has 146 valence electrons. The molecule has 3 rings (SSSR count). The first-order chi connectivity index (χ1) is 13.5. The zero-order chi connectivity index (χ0) is 20.1. The predicted molar refractivity (Wildman–Crippen MR) is 110 cm³/mol. The number of likely N-dealkylation sites (tertiary alicyclic amines) is 1. The van der Waals surface area contributed by atoms with E-state index in [1.165, 1.54) is 0 Å². The fraction of sp³-hybridized carbons (Fsp3) is 0.318. The van der Waals surface area contributed by atoms with Crippen LogP contribution in [0.1, 0.15) is 48.8 Å². The molecule has 0 aliphatic carbocycles. The van der Waals surface area contributed by atoms with Crippen LogP contribution < -0.4 is 0 Å². The summed E-state index contributed by atoms with van der Waals surface area (Å²) in [6.07, 6.45) is 3.07. The van der Waals surface area contributed by atoms with E-state index in [9.17, 15) is 14.4 Å². The van der Waals surface area contributed by atoms with Gasteiger partial charge in [0.15, 0.2) is 0 Å². The number of aldehydes is 2. The van der Waals surface area contributed by atoms with Crippen molar-refractivity contribution >= 4 is 41.7 Å². The number of nitrogens with zero attached hydrogens (tertiary/aromatic N) is 1. The smallest absolute Gasteiger partial charge is 0.223 e. The molecular formula is C22H21Cl2NO3. The Labute approximate surface area is 174 Å². The number of amides is 1. The quantitative estimate of drug-likeness (QED) is 0.596.